The van der Waals surface area contributed by atoms with Crippen molar-refractivity contribution in [1.29, 1.82) is 0 Å². The van der Waals surface area contributed by atoms with Gasteiger partial charge in [0.05, 0.1) is 31.3 Å². The number of nitrogens with one attached hydrogen (secondary N) is 1. The lowest BCUT2D eigenvalue weighted by Gasteiger charge is -2.18. The quantitative estimate of drug-likeness (QED) is 0.771. The van der Waals surface area contributed by atoms with E-state index in [0.717, 1.165) is 16.4 Å². The molecule has 0 spiro atoms. The van der Waals surface area contributed by atoms with Crippen LogP contribution in [-0.2, 0) is 14.8 Å². The first-order valence-corrected chi connectivity index (χ1v) is 9.06. The van der Waals surface area contributed by atoms with Crippen LogP contribution in [-0.4, -0.2) is 46.4 Å². The Hall–Kier alpha value is -2.72. The second-order valence-electron chi connectivity index (χ2n) is 5.45. The highest BCUT2D eigenvalue weighted by Gasteiger charge is 2.24. The number of carbonyl (C=O) groups excluding carboxylic acids is 1. The molecule has 10 heteroatoms. The number of hydrogen-bond acceptors (Lipinski definition) is 5. The van der Waals surface area contributed by atoms with Crippen molar-refractivity contribution < 1.29 is 31.5 Å². The zero-order valence-corrected chi connectivity index (χ0v) is 15.6. The molecule has 146 valence electrons. The number of nitrogens with zero attached hydrogens (tertiary/aromatic N) is 1. The normalized spacial score (nSPS) is 11.3. The molecule has 0 heterocycles. The Balaban J connectivity index is 2.16. The van der Waals surface area contributed by atoms with Crippen LogP contribution in [0.15, 0.2) is 41.3 Å². The fourth-order valence-electron chi connectivity index (χ4n) is 2.22. The minimum atomic E-state index is -4.02. The van der Waals surface area contributed by atoms with E-state index in [1.54, 1.807) is 0 Å². The average Bonchev–Trinajstić information content (AvgIpc) is 2.63. The predicted molar refractivity (Wildman–Crippen MR) is 94.3 cm³/mol. The van der Waals surface area contributed by atoms with Gasteiger partial charge in [-0.1, -0.05) is 0 Å². The van der Waals surface area contributed by atoms with Crippen LogP contribution in [0.1, 0.15) is 0 Å². The number of rotatable bonds is 7. The minimum Gasteiger partial charge on any atom is -0.493 e. The van der Waals surface area contributed by atoms with Gasteiger partial charge in [0.2, 0.25) is 15.9 Å². The third kappa shape index (κ3) is 4.72. The van der Waals surface area contributed by atoms with Crippen molar-refractivity contribution in [3.8, 4) is 11.5 Å². The predicted octanol–water partition coefficient (Wildman–Crippen LogP) is 2.24. The van der Waals surface area contributed by atoms with Gasteiger partial charge >= 0.3 is 0 Å². The van der Waals surface area contributed by atoms with Crippen molar-refractivity contribution in [3.63, 3.8) is 0 Å². The lowest BCUT2D eigenvalue weighted by Crippen LogP contribution is -2.35. The molecule has 2 rings (SSSR count). The standard InChI is InChI=1S/C17H18F2N2O5S/c1-21(10-17(22)20-14-6-4-11(18)8-13(14)19)27(23,24)12-5-7-15(25-2)16(9-12)26-3/h4-9H,10H2,1-3H3,(H,20,22). The maximum absolute atomic E-state index is 13.6. The summed E-state index contributed by atoms with van der Waals surface area (Å²) in [5.41, 5.74) is -0.252. The fraction of sp³-hybridized carbons (Fsp3) is 0.235. The zero-order valence-electron chi connectivity index (χ0n) is 14.8. The molecule has 0 aliphatic heterocycles. The summed E-state index contributed by atoms with van der Waals surface area (Å²) >= 11 is 0. The first kappa shape index (κ1) is 20.6. The Bertz CT molecular complexity index is 950. The molecule has 0 aliphatic rings. The SMILES string of the molecule is COc1ccc(S(=O)(=O)N(C)CC(=O)Nc2ccc(F)cc2F)cc1OC. The molecule has 0 fully saturated rings. The molecule has 0 radical (unpaired) electrons. The summed E-state index contributed by atoms with van der Waals surface area (Å²) in [5.74, 6) is -1.98. The smallest absolute Gasteiger partial charge is 0.243 e. The van der Waals surface area contributed by atoms with Crippen LogP contribution in [0.3, 0.4) is 0 Å². The van der Waals surface area contributed by atoms with E-state index < -0.39 is 34.1 Å². The summed E-state index contributed by atoms with van der Waals surface area (Å²) in [6.07, 6.45) is 0. The van der Waals surface area contributed by atoms with E-state index in [-0.39, 0.29) is 16.3 Å². The topological polar surface area (TPSA) is 84.9 Å². The molecule has 2 aromatic rings. The third-order valence-electron chi connectivity index (χ3n) is 3.63. The highest BCUT2D eigenvalue weighted by molar-refractivity contribution is 7.89. The molecular formula is C17H18F2N2O5S. The number of sulfonamides is 1. The number of likely N-dealkylation sites (N-methyl/N-ethyl adjacent to an activating group) is 1. The molecule has 0 atom stereocenters. The lowest BCUT2D eigenvalue weighted by atomic mass is 10.3. The van der Waals surface area contributed by atoms with E-state index in [0.29, 0.717) is 11.8 Å². The molecule has 0 bridgehead atoms. The first-order chi connectivity index (χ1) is 12.7. The van der Waals surface area contributed by atoms with Crippen molar-refractivity contribution in [2.75, 3.05) is 33.1 Å². The number of carbonyl (C=O) groups is 1. The van der Waals surface area contributed by atoms with Crippen LogP contribution in [0, 0.1) is 11.6 Å². The summed E-state index contributed by atoms with van der Waals surface area (Å²) in [6, 6.07) is 6.63. The number of benzene rings is 2. The van der Waals surface area contributed by atoms with Crippen molar-refractivity contribution in [2.24, 2.45) is 0 Å². The van der Waals surface area contributed by atoms with Crippen LogP contribution < -0.4 is 14.8 Å². The van der Waals surface area contributed by atoms with Crippen LogP contribution >= 0.6 is 0 Å². The second-order valence-corrected chi connectivity index (χ2v) is 7.50. The van der Waals surface area contributed by atoms with Gasteiger partial charge in [0, 0.05) is 19.2 Å². The summed E-state index contributed by atoms with van der Waals surface area (Å²) < 4.78 is 62.7. The van der Waals surface area contributed by atoms with Gasteiger partial charge in [0.15, 0.2) is 11.5 Å². The van der Waals surface area contributed by atoms with Crippen molar-refractivity contribution >= 4 is 21.6 Å². The number of amides is 1. The van der Waals surface area contributed by atoms with Gasteiger partial charge in [-0.3, -0.25) is 4.79 Å². The highest BCUT2D eigenvalue weighted by atomic mass is 32.2. The third-order valence-corrected chi connectivity index (χ3v) is 5.43. The zero-order chi connectivity index (χ0) is 20.2. The second kappa shape index (κ2) is 8.31. The van der Waals surface area contributed by atoms with E-state index >= 15 is 0 Å². The monoisotopic (exact) mass is 400 g/mol. The summed E-state index contributed by atoms with van der Waals surface area (Å²) in [4.78, 5) is 11.9. The molecular weight excluding hydrogens is 382 g/mol. The van der Waals surface area contributed by atoms with Gasteiger partial charge < -0.3 is 14.8 Å². The Labute approximate surface area is 155 Å². The van der Waals surface area contributed by atoms with E-state index in [1.165, 1.54) is 39.5 Å². The summed E-state index contributed by atoms with van der Waals surface area (Å²) in [6.45, 7) is -0.576. The van der Waals surface area contributed by atoms with Crippen LogP contribution in [0.5, 0.6) is 11.5 Å². The van der Waals surface area contributed by atoms with Crippen LogP contribution in [0.2, 0.25) is 0 Å². The molecule has 1 amide bonds. The van der Waals surface area contributed by atoms with E-state index in [1.807, 2.05) is 0 Å². The van der Waals surface area contributed by atoms with Crippen LogP contribution in [0.4, 0.5) is 14.5 Å². The van der Waals surface area contributed by atoms with Gasteiger partial charge in [-0.15, -0.1) is 0 Å². The number of ether oxygens (including phenoxy) is 2. The first-order valence-electron chi connectivity index (χ1n) is 7.62. The van der Waals surface area contributed by atoms with Gasteiger partial charge in [-0.05, 0) is 24.3 Å². The van der Waals surface area contributed by atoms with E-state index in [4.69, 9.17) is 9.47 Å². The molecule has 0 aromatic heterocycles. The maximum Gasteiger partial charge on any atom is 0.243 e. The van der Waals surface area contributed by atoms with Crippen molar-refractivity contribution in [3.05, 3.63) is 48.0 Å². The van der Waals surface area contributed by atoms with Crippen LogP contribution in [0.25, 0.3) is 0 Å². The molecule has 1 N–H and O–H groups in total. The largest absolute Gasteiger partial charge is 0.493 e. The Kier molecular flexibility index (Phi) is 6.34. The molecule has 0 saturated carbocycles. The fourth-order valence-corrected chi connectivity index (χ4v) is 3.37. The van der Waals surface area contributed by atoms with E-state index in [9.17, 15) is 22.0 Å². The van der Waals surface area contributed by atoms with E-state index in [2.05, 4.69) is 5.32 Å². The molecule has 0 unspecified atom stereocenters. The van der Waals surface area contributed by atoms with Gasteiger partial charge in [0.1, 0.15) is 11.6 Å². The average molecular weight is 400 g/mol. The summed E-state index contributed by atoms with van der Waals surface area (Å²) in [7, 11) is -0.0390. The molecule has 0 aliphatic carbocycles. The van der Waals surface area contributed by atoms with Crippen molar-refractivity contribution in [2.45, 2.75) is 4.90 Å². The minimum absolute atomic E-state index is 0.108. The molecule has 0 saturated heterocycles. The van der Waals surface area contributed by atoms with Gasteiger partial charge in [-0.25, -0.2) is 17.2 Å². The number of hydrogen-bond donors (Lipinski definition) is 1. The summed E-state index contributed by atoms with van der Waals surface area (Å²) in [5, 5.41) is 2.20. The van der Waals surface area contributed by atoms with Gasteiger partial charge in [0.25, 0.3) is 0 Å². The Morgan fingerprint density at radius 1 is 1.07 bits per heavy atom. The lowest BCUT2D eigenvalue weighted by molar-refractivity contribution is -0.116. The number of methoxy groups -OCH3 is 2. The number of anilines is 1. The number of halogens is 2. The maximum atomic E-state index is 13.6. The Morgan fingerprint density at radius 3 is 2.33 bits per heavy atom. The van der Waals surface area contributed by atoms with Gasteiger partial charge in [-0.2, -0.15) is 4.31 Å². The molecule has 27 heavy (non-hydrogen) atoms. The molecule has 7 nitrogen and oxygen atoms in total. The molecule has 2 aromatic carbocycles. The highest BCUT2D eigenvalue weighted by Crippen LogP contribution is 2.30. The Morgan fingerprint density at radius 2 is 1.74 bits per heavy atom. The van der Waals surface area contributed by atoms with Crippen molar-refractivity contribution in [1.82, 2.24) is 4.31 Å².